The van der Waals surface area contributed by atoms with Crippen molar-refractivity contribution >= 4 is 11.6 Å². The molecule has 1 aromatic heterocycles. The summed E-state index contributed by atoms with van der Waals surface area (Å²) in [7, 11) is 0. The molecule has 8 heteroatoms. The van der Waals surface area contributed by atoms with E-state index in [1.54, 1.807) is 0 Å². The number of hydrogen-bond donors (Lipinski definition) is 0. The highest BCUT2D eigenvalue weighted by atomic mass is 35.5. The summed E-state index contributed by atoms with van der Waals surface area (Å²) >= 11 is 5.37. The predicted molar refractivity (Wildman–Crippen MR) is 45.6 cm³/mol. The topological polar surface area (TPSA) is 22.1 Å². The molecule has 0 radical (unpaired) electrons. The summed E-state index contributed by atoms with van der Waals surface area (Å²) in [5.41, 5.74) is -1.02. The zero-order valence-electron chi connectivity index (χ0n) is 7.78. The Morgan fingerprint density at radius 1 is 1.38 bits per heavy atom. The Morgan fingerprint density at radius 2 is 1.94 bits per heavy atom. The summed E-state index contributed by atoms with van der Waals surface area (Å²) in [5, 5.41) is -0.778. The van der Waals surface area contributed by atoms with Crippen LogP contribution >= 0.6 is 11.6 Å². The lowest BCUT2D eigenvalue weighted by atomic mass is 10.2. The number of aromatic nitrogens is 1. The van der Waals surface area contributed by atoms with Crippen LogP contribution in [-0.2, 0) is 0 Å². The third-order valence-corrected chi connectivity index (χ3v) is 2.02. The molecule has 0 aliphatic heterocycles. The van der Waals surface area contributed by atoms with Crippen LogP contribution in [0.15, 0.2) is 6.20 Å². The number of nitrogens with zero attached hydrogens (tertiary/aromatic N) is 1. The molecule has 0 saturated carbocycles. The van der Waals surface area contributed by atoms with Crippen molar-refractivity contribution in [2.45, 2.75) is 19.7 Å². The SMILES string of the molecule is Cc1ncc(C(F)F)c(Cl)c1OC(F)(F)F. The molecule has 90 valence electrons. The molecule has 0 atom stereocenters. The number of hydrogen-bond acceptors (Lipinski definition) is 2. The number of pyridine rings is 1. The number of ether oxygens (including phenoxy) is 1. The van der Waals surface area contributed by atoms with E-state index in [1.165, 1.54) is 6.92 Å². The average molecular weight is 262 g/mol. The molecule has 0 N–H and O–H groups in total. The fourth-order valence-corrected chi connectivity index (χ4v) is 1.26. The van der Waals surface area contributed by atoms with Crippen molar-refractivity contribution in [1.29, 1.82) is 0 Å². The van der Waals surface area contributed by atoms with Crippen molar-refractivity contribution in [3.63, 3.8) is 0 Å². The maximum atomic E-state index is 12.3. The monoisotopic (exact) mass is 261 g/mol. The molecule has 0 aliphatic carbocycles. The zero-order chi connectivity index (χ0) is 12.5. The van der Waals surface area contributed by atoms with Crippen molar-refractivity contribution in [2.24, 2.45) is 0 Å². The summed E-state index contributed by atoms with van der Waals surface area (Å²) in [5.74, 6) is -0.896. The number of halogens is 6. The highest BCUT2D eigenvalue weighted by Crippen LogP contribution is 2.38. The van der Waals surface area contributed by atoms with E-state index in [2.05, 4.69) is 9.72 Å². The van der Waals surface area contributed by atoms with Gasteiger partial charge in [-0.15, -0.1) is 13.2 Å². The van der Waals surface area contributed by atoms with E-state index in [0.29, 0.717) is 6.20 Å². The quantitative estimate of drug-likeness (QED) is 0.754. The highest BCUT2D eigenvalue weighted by Gasteiger charge is 2.34. The van der Waals surface area contributed by atoms with Crippen molar-refractivity contribution < 1.29 is 26.7 Å². The van der Waals surface area contributed by atoms with Gasteiger partial charge in [0.2, 0.25) is 0 Å². The highest BCUT2D eigenvalue weighted by molar-refractivity contribution is 6.32. The fraction of sp³-hybridized carbons (Fsp3) is 0.375. The maximum absolute atomic E-state index is 12.3. The molecule has 0 aromatic carbocycles. The van der Waals surface area contributed by atoms with Crippen molar-refractivity contribution in [2.75, 3.05) is 0 Å². The molecular formula is C8H5ClF5NO. The van der Waals surface area contributed by atoms with E-state index >= 15 is 0 Å². The van der Waals surface area contributed by atoms with Gasteiger partial charge in [-0.2, -0.15) is 0 Å². The van der Waals surface area contributed by atoms with Gasteiger partial charge in [0.15, 0.2) is 5.75 Å². The summed E-state index contributed by atoms with van der Waals surface area (Å²) in [6.45, 7) is 1.17. The van der Waals surface area contributed by atoms with Crippen LogP contribution in [-0.4, -0.2) is 11.3 Å². The molecule has 0 unspecified atom stereocenters. The minimum atomic E-state index is -5.00. The van der Waals surface area contributed by atoms with Gasteiger partial charge in [-0.25, -0.2) is 8.78 Å². The first-order valence-electron chi connectivity index (χ1n) is 3.91. The van der Waals surface area contributed by atoms with Gasteiger partial charge in [-0.3, -0.25) is 4.98 Å². The summed E-state index contributed by atoms with van der Waals surface area (Å²) in [6.07, 6.45) is -7.31. The number of aryl methyl sites for hydroxylation is 1. The molecular weight excluding hydrogens is 257 g/mol. The van der Waals surface area contributed by atoms with Gasteiger partial charge < -0.3 is 4.74 Å². The van der Waals surface area contributed by atoms with Crippen LogP contribution in [0, 0.1) is 6.92 Å². The second-order valence-corrected chi connectivity index (χ2v) is 3.17. The van der Waals surface area contributed by atoms with E-state index in [4.69, 9.17) is 11.6 Å². The van der Waals surface area contributed by atoms with Crippen LogP contribution in [0.1, 0.15) is 17.7 Å². The zero-order valence-corrected chi connectivity index (χ0v) is 8.53. The molecule has 0 bridgehead atoms. The Kier molecular flexibility index (Phi) is 3.57. The van der Waals surface area contributed by atoms with Gasteiger partial charge >= 0.3 is 6.36 Å². The third kappa shape index (κ3) is 2.94. The van der Waals surface area contributed by atoms with Crippen LogP contribution in [0.2, 0.25) is 5.02 Å². The van der Waals surface area contributed by atoms with Gasteiger partial charge in [0.05, 0.1) is 16.3 Å². The van der Waals surface area contributed by atoms with E-state index in [-0.39, 0.29) is 5.69 Å². The maximum Gasteiger partial charge on any atom is 0.573 e. The molecule has 0 fully saturated rings. The van der Waals surface area contributed by atoms with E-state index < -0.39 is 29.1 Å². The first kappa shape index (κ1) is 13.0. The Labute approximate surface area is 92.0 Å². The lowest BCUT2D eigenvalue weighted by Crippen LogP contribution is -2.18. The Balaban J connectivity index is 3.21. The normalized spacial score (nSPS) is 12.0. The van der Waals surface area contributed by atoms with Gasteiger partial charge in [-0.05, 0) is 6.92 Å². The van der Waals surface area contributed by atoms with Gasteiger partial charge in [0.1, 0.15) is 0 Å². The average Bonchev–Trinajstić information content (AvgIpc) is 2.10. The summed E-state index contributed by atoms with van der Waals surface area (Å²) in [6, 6.07) is 0. The van der Waals surface area contributed by atoms with Crippen molar-refractivity contribution in [3.05, 3.63) is 22.5 Å². The molecule has 0 amide bonds. The Bertz CT molecular complexity index is 393. The lowest BCUT2D eigenvalue weighted by Gasteiger charge is -2.14. The fourth-order valence-electron chi connectivity index (χ4n) is 0.958. The minimum Gasteiger partial charge on any atom is -0.402 e. The minimum absolute atomic E-state index is 0.216. The third-order valence-electron chi connectivity index (χ3n) is 1.63. The van der Waals surface area contributed by atoms with Crippen LogP contribution in [0.3, 0.4) is 0 Å². The standard InChI is InChI=1S/C8H5ClF5NO/c1-3-6(16-8(12,13)14)5(9)4(2-15-3)7(10)11/h2,7H,1H3. The molecule has 1 aromatic rings. The molecule has 1 rings (SSSR count). The van der Waals surface area contributed by atoms with E-state index in [1.807, 2.05) is 0 Å². The summed E-state index contributed by atoms with van der Waals surface area (Å²) < 4.78 is 64.0. The van der Waals surface area contributed by atoms with Crippen LogP contribution in [0.25, 0.3) is 0 Å². The smallest absolute Gasteiger partial charge is 0.402 e. The Morgan fingerprint density at radius 3 is 2.38 bits per heavy atom. The van der Waals surface area contributed by atoms with Crippen molar-refractivity contribution in [1.82, 2.24) is 4.98 Å². The van der Waals surface area contributed by atoms with E-state index in [9.17, 15) is 22.0 Å². The predicted octanol–water partition coefficient (Wildman–Crippen LogP) is 3.88. The van der Waals surface area contributed by atoms with Gasteiger partial charge in [0, 0.05) is 6.20 Å². The largest absolute Gasteiger partial charge is 0.573 e. The first-order valence-corrected chi connectivity index (χ1v) is 4.29. The first-order chi connectivity index (χ1) is 7.22. The summed E-state index contributed by atoms with van der Waals surface area (Å²) in [4.78, 5) is 3.36. The van der Waals surface area contributed by atoms with Crippen LogP contribution in [0.4, 0.5) is 22.0 Å². The second-order valence-electron chi connectivity index (χ2n) is 2.79. The molecule has 16 heavy (non-hydrogen) atoms. The second kappa shape index (κ2) is 4.40. The van der Waals surface area contributed by atoms with E-state index in [0.717, 1.165) is 0 Å². The molecule has 2 nitrogen and oxygen atoms in total. The number of rotatable bonds is 2. The molecule has 1 heterocycles. The van der Waals surface area contributed by atoms with Crippen LogP contribution < -0.4 is 4.74 Å². The van der Waals surface area contributed by atoms with Crippen molar-refractivity contribution in [3.8, 4) is 5.75 Å². The Hall–Kier alpha value is -1.11. The van der Waals surface area contributed by atoms with Gasteiger partial charge in [-0.1, -0.05) is 11.6 Å². The molecule has 0 aliphatic rings. The molecule has 0 saturated heterocycles. The van der Waals surface area contributed by atoms with Crippen LogP contribution in [0.5, 0.6) is 5.75 Å². The van der Waals surface area contributed by atoms with Gasteiger partial charge in [0.25, 0.3) is 6.43 Å². The molecule has 0 spiro atoms. The lowest BCUT2D eigenvalue weighted by molar-refractivity contribution is -0.275. The number of alkyl halides is 5.